The number of aromatic nitrogens is 2. The van der Waals surface area contributed by atoms with Crippen LogP contribution in [0.4, 0.5) is 5.69 Å². The Morgan fingerprint density at radius 3 is 2.66 bits per heavy atom. The van der Waals surface area contributed by atoms with E-state index in [0.717, 1.165) is 24.5 Å². The van der Waals surface area contributed by atoms with Crippen LogP contribution in [-0.4, -0.2) is 66.9 Å². The van der Waals surface area contributed by atoms with E-state index in [1.165, 1.54) is 11.3 Å². The molecular formula is C23H28N4O4S. The van der Waals surface area contributed by atoms with Crippen molar-refractivity contribution in [2.75, 3.05) is 51.4 Å². The third-order valence-electron chi connectivity index (χ3n) is 5.78. The molecule has 0 bridgehead atoms. The van der Waals surface area contributed by atoms with Crippen LogP contribution in [0.2, 0.25) is 0 Å². The van der Waals surface area contributed by atoms with Crippen molar-refractivity contribution in [3.05, 3.63) is 51.4 Å². The van der Waals surface area contributed by atoms with Gasteiger partial charge in [-0.25, -0.2) is 4.98 Å². The van der Waals surface area contributed by atoms with Crippen molar-refractivity contribution in [1.82, 2.24) is 14.5 Å². The zero-order chi connectivity index (χ0) is 22.7. The number of para-hydroxylation sites is 2. The second-order valence-corrected chi connectivity index (χ2v) is 8.63. The fourth-order valence-corrected chi connectivity index (χ4v) is 5.12. The molecule has 1 aromatic carbocycles. The lowest BCUT2D eigenvalue weighted by molar-refractivity contribution is 0.0751. The average Bonchev–Trinajstić information content (AvgIpc) is 3.17. The number of piperazine rings is 1. The number of methoxy groups -OCH3 is 1. The summed E-state index contributed by atoms with van der Waals surface area (Å²) < 4.78 is 12.4. The number of nitrogens with zero attached hydrogens (tertiary/aromatic N) is 4. The molecule has 3 heterocycles. The highest BCUT2D eigenvalue weighted by atomic mass is 32.1. The maximum Gasteiger partial charge on any atom is 0.264 e. The van der Waals surface area contributed by atoms with E-state index in [1.807, 2.05) is 43.0 Å². The van der Waals surface area contributed by atoms with Crippen LogP contribution in [-0.2, 0) is 11.3 Å². The van der Waals surface area contributed by atoms with E-state index in [-0.39, 0.29) is 11.5 Å². The Kier molecular flexibility index (Phi) is 6.76. The molecule has 32 heavy (non-hydrogen) atoms. The van der Waals surface area contributed by atoms with Crippen molar-refractivity contribution in [3.8, 4) is 5.75 Å². The number of benzene rings is 1. The summed E-state index contributed by atoms with van der Waals surface area (Å²) in [5.41, 5.74) is 1.63. The summed E-state index contributed by atoms with van der Waals surface area (Å²) in [6.45, 7) is 7.91. The lowest BCUT2D eigenvalue weighted by atomic mass is 10.2. The van der Waals surface area contributed by atoms with Gasteiger partial charge in [0.15, 0.2) is 0 Å². The van der Waals surface area contributed by atoms with E-state index < -0.39 is 0 Å². The number of rotatable bonds is 7. The van der Waals surface area contributed by atoms with E-state index >= 15 is 0 Å². The Bertz CT molecular complexity index is 1160. The Labute approximate surface area is 191 Å². The molecule has 1 saturated heterocycles. The maximum atomic E-state index is 13.3. The van der Waals surface area contributed by atoms with Gasteiger partial charge in [-0.05, 0) is 31.5 Å². The van der Waals surface area contributed by atoms with Crippen molar-refractivity contribution in [1.29, 1.82) is 0 Å². The van der Waals surface area contributed by atoms with Gasteiger partial charge >= 0.3 is 0 Å². The number of anilines is 1. The van der Waals surface area contributed by atoms with Gasteiger partial charge in [-0.15, -0.1) is 11.3 Å². The summed E-state index contributed by atoms with van der Waals surface area (Å²) in [6, 6.07) is 7.92. The molecule has 0 aliphatic carbocycles. The highest BCUT2D eigenvalue weighted by molar-refractivity contribution is 7.20. The van der Waals surface area contributed by atoms with Crippen molar-refractivity contribution >= 4 is 33.1 Å². The monoisotopic (exact) mass is 456 g/mol. The molecule has 0 unspecified atom stereocenters. The fraction of sp³-hybridized carbons (Fsp3) is 0.435. The summed E-state index contributed by atoms with van der Waals surface area (Å²) in [5, 5.41) is 0.532. The van der Waals surface area contributed by atoms with Crippen LogP contribution in [0.15, 0.2) is 35.4 Å². The minimum absolute atomic E-state index is 0.0366. The molecule has 0 saturated carbocycles. The molecule has 2 aromatic heterocycles. The van der Waals surface area contributed by atoms with Crippen molar-refractivity contribution in [2.24, 2.45) is 0 Å². The first kappa shape index (κ1) is 22.3. The summed E-state index contributed by atoms with van der Waals surface area (Å²) in [7, 11) is 1.67. The van der Waals surface area contributed by atoms with Crippen LogP contribution in [0.3, 0.4) is 0 Å². The van der Waals surface area contributed by atoms with Gasteiger partial charge in [0.05, 0.1) is 42.5 Å². The fourth-order valence-electron chi connectivity index (χ4n) is 4.01. The second kappa shape index (κ2) is 9.70. The lowest BCUT2D eigenvalue weighted by Crippen LogP contribution is -2.48. The second-order valence-electron chi connectivity index (χ2n) is 7.63. The minimum Gasteiger partial charge on any atom is -0.495 e. The molecule has 1 aliphatic rings. The maximum absolute atomic E-state index is 13.3. The first-order chi connectivity index (χ1) is 15.5. The first-order valence-corrected chi connectivity index (χ1v) is 11.6. The Hall–Kier alpha value is -2.91. The summed E-state index contributed by atoms with van der Waals surface area (Å²) >= 11 is 1.30. The number of carbonyl (C=O) groups excluding carboxylic acids is 1. The molecule has 3 aromatic rings. The minimum atomic E-state index is -0.122. The molecule has 0 atom stereocenters. The smallest absolute Gasteiger partial charge is 0.264 e. The molecular weight excluding hydrogens is 428 g/mol. The summed E-state index contributed by atoms with van der Waals surface area (Å²) in [6.07, 6.45) is 1.54. The largest absolute Gasteiger partial charge is 0.495 e. The molecule has 4 rings (SSSR count). The van der Waals surface area contributed by atoms with Crippen molar-refractivity contribution < 1.29 is 14.3 Å². The third-order valence-corrected chi connectivity index (χ3v) is 6.97. The van der Waals surface area contributed by atoms with Gasteiger partial charge < -0.3 is 19.3 Å². The number of aryl methyl sites for hydroxylation is 1. The molecule has 0 radical (unpaired) electrons. The van der Waals surface area contributed by atoms with Crippen molar-refractivity contribution in [2.45, 2.75) is 20.4 Å². The third kappa shape index (κ3) is 4.22. The van der Waals surface area contributed by atoms with E-state index in [2.05, 4.69) is 9.88 Å². The molecule has 9 heteroatoms. The molecule has 1 fully saturated rings. The molecule has 1 aliphatic heterocycles. The first-order valence-electron chi connectivity index (χ1n) is 10.8. The van der Waals surface area contributed by atoms with Crippen LogP contribution in [0.1, 0.15) is 22.2 Å². The zero-order valence-corrected chi connectivity index (χ0v) is 19.5. The molecule has 1 amide bonds. The number of amides is 1. The number of ether oxygens (including phenoxy) is 2. The Morgan fingerprint density at radius 1 is 1.19 bits per heavy atom. The number of thiophene rings is 1. The number of hydrogen-bond donors (Lipinski definition) is 0. The predicted octanol–water partition coefficient (Wildman–Crippen LogP) is 2.77. The Balaban J connectivity index is 1.51. The van der Waals surface area contributed by atoms with E-state index in [1.54, 1.807) is 18.0 Å². The highest BCUT2D eigenvalue weighted by Crippen LogP contribution is 2.30. The van der Waals surface area contributed by atoms with E-state index in [4.69, 9.17) is 9.47 Å². The van der Waals surface area contributed by atoms with Crippen LogP contribution >= 0.6 is 11.3 Å². The van der Waals surface area contributed by atoms with Gasteiger partial charge in [0.2, 0.25) is 0 Å². The van der Waals surface area contributed by atoms with Gasteiger partial charge in [0, 0.05) is 32.8 Å². The zero-order valence-electron chi connectivity index (χ0n) is 18.7. The normalized spacial score (nSPS) is 14.2. The van der Waals surface area contributed by atoms with Gasteiger partial charge in [-0.1, -0.05) is 12.1 Å². The quantitative estimate of drug-likeness (QED) is 0.509. The van der Waals surface area contributed by atoms with Gasteiger partial charge in [-0.3, -0.25) is 14.2 Å². The standard InChI is InChI=1S/C23H28N4O4S/c1-4-31-14-13-27-15-24-21-19(22(27)28)16(2)20(32-21)23(29)26-11-9-25(10-12-26)17-7-5-6-8-18(17)30-3/h5-8,15H,4,9-14H2,1-3H3. The molecule has 8 nitrogen and oxygen atoms in total. The molecule has 0 spiro atoms. The summed E-state index contributed by atoms with van der Waals surface area (Å²) in [5.74, 6) is 0.796. The van der Waals surface area contributed by atoms with Crippen LogP contribution in [0.5, 0.6) is 5.75 Å². The van der Waals surface area contributed by atoms with Gasteiger partial charge in [0.25, 0.3) is 11.5 Å². The number of fused-ring (bicyclic) bond motifs is 1. The van der Waals surface area contributed by atoms with Crippen LogP contribution in [0, 0.1) is 6.92 Å². The van der Waals surface area contributed by atoms with Crippen molar-refractivity contribution in [3.63, 3.8) is 0 Å². The van der Waals surface area contributed by atoms with Crippen LogP contribution < -0.4 is 15.2 Å². The Morgan fingerprint density at radius 2 is 1.94 bits per heavy atom. The molecule has 170 valence electrons. The SMILES string of the molecule is CCOCCn1cnc2sc(C(=O)N3CCN(c4ccccc4OC)CC3)c(C)c2c1=O. The molecule has 0 N–H and O–H groups in total. The van der Waals surface area contributed by atoms with E-state index in [9.17, 15) is 9.59 Å². The lowest BCUT2D eigenvalue weighted by Gasteiger charge is -2.36. The highest BCUT2D eigenvalue weighted by Gasteiger charge is 2.27. The number of hydrogen-bond acceptors (Lipinski definition) is 7. The topological polar surface area (TPSA) is 76.9 Å². The summed E-state index contributed by atoms with van der Waals surface area (Å²) in [4.78, 5) is 36.0. The predicted molar refractivity (Wildman–Crippen MR) is 126 cm³/mol. The average molecular weight is 457 g/mol. The van der Waals surface area contributed by atoms with Gasteiger partial charge in [0.1, 0.15) is 10.6 Å². The van der Waals surface area contributed by atoms with Crippen LogP contribution in [0.25, 0.3) is 10.2 Å². The number of carbonyl (C=O) groups is 1. The van der Waals surface area contributed by atoms with E-state index in [0.29, 0.717) is 53.5 Å². The van der Waals surface area contributed by atoms with Gasteiger partial charge in [-0.2, -0.15) is 0 Å².